The molecule has 2 rings (SSSR count). The summed E-state index contributed by atoms with van der Waals surface area (Å²) >= 11 is 12.3. The van der Waals surface area contributed by atoms with E-state index < -0.39 is 12.1 Å². The number of rotatable bonds is 6. The maximum atomic E-state index is 11.5. The molecule has 8 nitrogen and oxygen atoms in total. The van der Waals surface area contributed by atoms with Gasteiger partial charge in [0.25, 0.3) is 0 Å². The number of carbonyl (C=O) groups is 1. The summed E-state index contributed by atoms with van der Waals surface area (Å²) in [4.78, 5) is 11.5. The molecule has 0 unspecified atom stereocenters. The van der Waals surface area contributed by atoms with E-state index in [1.54, 1.807) is 14.0 Å². The second-order valence-electron chi connectivity index (χ2n) is 5.27. The minimum atomic E-state index is -0.873. The summed E-state index contributed by atoms with van der Waals surface area (Å²) in [6.45, 7) is 3.26. The van der Waals surface area contributed by atoms with Gasteiger partial charge in [0.15, 0.2) is 11.9 Å². The van der Waals surface area contributed by atoms with Crippen LogP contribution in [-0.2, 0) is 16.6 Å². The van der Waals surface area contributed by atoms with Gasteiger partial charge in [-0.1, -0.05) is 28.4 Å². The molecule has 140 valence electrons. The molecule has 0 bridgehead atoms. The largest absolute Gasteiger partial charge is 0.477 e. The maximum Gasteiger partial charge on any atom is 0.346 e. The molecule has 1 atom stereocenters. The summed E-state index contributed by atoms with van der Waals surface area (Å²) in [6.07, 6.45) is 0.334. The fraction of sp³-hybridized carbons (Fsp3) is 0.312. The van der Waals surface area contributed by atoms with Crippen LogP contribution in [0.1, 0.15) is 18.2 Å². The number of benzene rings is 1. The van der Waals surface area contributed by atoms with E-state index >= 15 is 0 Å². The van der Waals surface area contributed by atoms with Crippen molar-refractivity contribution in [1.82, 2.24) is 9.78 Å². The van der Waals surface area contributed by atoms with Crippen molar-refractivity contribution in [2.24, 2.45) is 12.2 Å². The third-order valence-electron chi connectivity index (χ3n) is 3.43. The van der Waals surface area contributed by atoms with E-state index in [9.17, 15) is 4.79 Å². The molecule has 10 heteroatoms. The normalized spacial score (nSPS) is 12.2. The number of esters is 1. The van der Waals surface area contributed by atoms with Crippen molar-refractivity contribution in [2.75, 3.05) is 7.11 Å². The van der Waals surface area contributed by atoms with Gasteiger partial charge in [0.2, 0.25) is 5.88 Å². The van der Waals surface area contributed by atoms with Crippen molar-refractivity contribution in [3.8, 4) is 17.4 Å². The molecule has 0 radical (unpaired) electrons. The van der Waals surface area contributed by atoms with Gasteiger partial charge in [-0.3, -0.25) is 0 Å². The minimum absolute atomic E-state index is 0.195. The number of carbonyl (C=O) groups excluding carboxylic acids is 1. The molecule has 0 saturated carbocycles. The Bertz CT molecular complexity index is 851. The van der Waals surface area contributed by atoms with Crippen LogP contribution in [0, 0.1) is 6.92 Å². The molecule has 1 aromatic carbocycles. The first-order valence-corrected chi connectivity index (χ1v) is 8.16. The first-order valence-electron chi connectivity index (χ1n) is 7.40. The van der Waals surface area contributed by atoms with Crippen LogP contribution < -0.4 is 9.47 Å². The lowest BCUT2D eigenvalue weighted by Gasteiger charge is -2.16. The van der Waals surface area contributed by atoms with Gasteiger partial charge < -0.3 is 19.4 Å². The van der Waals surface area contributed by atoms with Crippen LogP contribution in [0.2, 0.25) is 10.0 Å². The third-order valence-corrected chi connectivity index (χ3v) is 4.02. The van der Waals surface area contributed by atoms with Crippen molar-refractivity contribution in [1.29, 1.82) is 0 Å². The van der Waals surface area contributed by atoms with Gasteiger partial charge in [0.05, 0.1) is 34.6 Å². The Hall–Kier alpha value is -2.45. The smallest absolute Gasteiger partial charge is 0.346 e. The van der Waals surface area contributed by atoms with Crippen LogP contribution in [0.15, 0.2) is 17.3 Å². The number of methoxy groups -OCH3 is 1. The van der Waals surface area contributed by atoms with E-state index in [0.29, 0.717) is 17.1 Å². The van der Waals surface area contributed by atoms with Crippen molar-refractivity contribution >= 4 is 35.4 Å². The minimum Gasteiger partial charge on any atom is -0.477 e. The lowest BCUT2D eigenvalue weighted by molar-refractivity contribution is -0.147. The highest BCUT2D eigenvalue weighted by molar-refractivity contribution is 6.36. The van der Waals surface area contributed by atoms with Gasteiger partial charge >= 0.3 is 5.97 Å². The first kappa shape index (κ1) is 19.9. The topological polar surface area (TPSA) is 95.2 Å². The monoisotopic (exact) mass is 401 g/mol. The van der Waals surface area contributed by atoms with E-state index in [2.05, 4.69) is 15.0 Å². The van der Waals surface area contributed by atoms with Crippen LogP contribution in [0.4, 0.5) is 0 Å². The number of aromatic nitrogens is 2. The molecule has 0 spiro atoms. The summed E-state index contributed by atoms with van der Waals surface area (Å²) in [5.74, 6) is 0.164. The molecule has 0 saturated heterocycles. The Balaban J connectivity index is 2.39. The fourth-order valence-electron chi connectivity index (χ4n) is 2.17. The van der Waals surface area contributed by atoms with Gasteiger partial charge in [-0.05, 0) is 19.9 Å². The van der Waals surface area contributed by atoms with E-state index in [1.165, 1.54) is 37.1 Å². The summed E-state index contributed by atoms with van der Waals surface area (Å²) in [6, 6.07) is 2.88. The molecule has 1 N–H and O–H groups in total. The summed E-state index contributed by atoms with van der Waals surface area (Å²) in [5.41, 5.74) is 1.08. The van der Waals surface area contributed by atoms with Crippen LogP contribution in [0.5, 0.6) is 17.4 Å². The van der Waals surface area contributed by atoms with Crippen LogP contribution in [0.3, 0.4) is 0 Å². The number of nitrogens with zero attached hydrogens (tertiary/aromatic N) is 3. The van der Waals surface area contributed by atoms with Gasteiger partial charge in [-0.2, -0.15) is 5.10 Å². The highest BCUT2D eigenvalue weighted by Crippen LogP contribution is 2.39. The lowest BCUT2D eigenvalue weighted by atomic mass is 10.2. The molecular formula is C16H17Cl2N3O5. The highest BCUT2D eigenvalue weighted by atomic mass is 35.5. The predicted molar refractivity (Wildman–Crippen MR) is 96.0 cm³/mol. The number of halogens is 2. The quantitative estimate of drug-likeness (QED) is 0.344. The van der Waals surface area contributed by atoms with Crippen molar-refractivity contribution in [3.63, 3.8) is 0 Å². The van der Waals surface area contributed by atoms with E-state index in [1.807, 2.05) is 0 Å². The Kier molecular flexibility index (Phi) is 6.33. The zero-order valence-corrected chi connectivity index (χ0v) is 16.0. The van der Waals surface area contributed by atoms with Crippen molar-refractivity contribution < 1.29 is 24.2 Å². The molecule has 0 fully saturated rings. The molecule has 2 aromatic rings. The number of oxime groups is 1. The zero-order chi connectivity index (χ0) is 19.4. The first-order chi connectivity index (χ1) is 12.3. The van der Waals surface area contributed by atoms with Crippen LogP contribution in [0.25, 0.3) is 0 Å². The molecular weight excluding hydrogens is 385 g/mol. The molecule has 1 heterocycles. The summed E-state index contributed by atoms with van der Waals surface area (Å²) in [5, 5.41) is 16.5. The summed E-state index contributed by atoms with van der Waals surface area (Å²) < 4.78 is 17.4. The van der Waals surface area contributed by atoms with E-state index in [0.717, 1.165) is 0 Å². The maximum absolute atomic E-state index is 11.5. The van der Waals surface area contributed by atoms with Gasteiger partial charge in [0, 0.05) is 13.1 Å². The fourth-order valence-corrected chi connectivity index (χ4v) is 2.63. The molecule has 26 heavy (non-hydrogen) atoms. The van der Waals surface area contributed by atoms with Gasteiger partial charge in [0.1, 0.15) is 5.75 Å². The molecule has 0 aliphatic heterocycles. The number of hydrogen-bond donors (Lipinski definition) is 1. The predicted octanol–water partition coefficient (Wildman–Crippen LogP) is 3.58. The highest BCUT2D eigenvalue weighted by Gasteiger charge is 2.20. The van der Waals surface area contributed by atoms with Crippen molar-refractivity contribution in [3.05, 3.63) is 33.4 Å². The second kappa shape index (κ2) is 8.29. The Morgan fingerprint density at radius 2 is 2.00 bits per heavy atom. The van der Waals surface area contributed by atoms with E-state index in [-0.39, 0.29) is 21.5 Å². The average Bonchev–Trinajstić information content (AvgIpc) is 2.85. The summed E-state index contributed by atoms with van der Waals surface area (Å²) in [7, 11) is 2.92. The molecule has 0 aliphatic carbocycles. The Morgan fingerprint density at radius 3 is 2.62 bits per heavy atom. The molecule has 1 aromatic heterocycles. The van der Waals surface area contributed by atoms with E-state index in [4.69, 9.17) is 37.9 Å². The van der Waals surface area contributed by atoms with Crippen molar-refractivity contribution in [2.45, 2.75) is 20.0 Å². The average molecular weight is 402 g/mol. The number of hydrogen-bond acceptors (Lipinski definition) is 7. The molecule has 0 aliphatic rings. The number of aryl methyl sites for hydroxylation is 2. The third kappa shape index (κ3) is 4.20. The standard InChI is InChI=1S/C16H17Cl2N3O5/c1-8-10(7-19-23)15(21(3)20-8)26-14-6-13(11(17)5-12(14)18)25-9(2)16(22)24-4/h5-7,9,23H,1-4H3/b19-7-/t9-/m0/s1. The number of ether oxygens (including phenoxy) is 3. The van der Waals surface area contributed by atoms with Gasteiger partial charge in [-0.15, -0.1) is 0 Å². The lowest BCUT2D eigenvalue weighted by Crippen LogP contribution is -2.25. The van der Waals surface area contributed by atoms with Crippen LogP contribution >= 0.6 is 23.2 Å². The Morgan fingerprint density at radius 1 is 1.35 bits per heavy atom. The van der Waals surface area contributed by atoms with Crippen LogP contribution in [-0.4, -0.2) is 40.4 Å². The van der Waals surface area contributed by atoms with Gasteiger partial charge in [-0.25, -0.2) is 9.48 Å². The second-order valence-corrected chi connectivity index (χ2v) is 6.09. The Labute approximate surface area is 159 Å². The zero-order valence-electron chi connectivity index (χ0n) is 14.5. The SMILES string of the molecule is COC(=O)[C@H](C)Oc1cc(Oc2c(/C=N\O)c(C)nn2C)c(Cl)cc1Cl. The molecule has 0 amide bonds.